The van der Waals surface area contributed by atoms with Gasteiger partial charge in [0.15, 0.2) is 0 Å². The summed E-state index contributed by atoms with van der Waals surface area (Å²) in [6.07, 6.45) is 0.861. The van der Waals surface area contributed by atoms with Crippen molar-refractivity contribution in [3.63, 3.8) is 0 Å². The molecule has 23 heavy (non-hydrogen) atoms. The summed E-state index contributed by atoms with van der Waals surface area (Å²) in [4.78, 5) is 15.4. The average Bonchev–Trinajstić information content (AvgIpc) is 2.33. The van der Waals surface area contributed by atoms with E-state index in [0.29, 0.717) is 4.47 Å². The van der Waals surface area contributed by atoms with Gasteiger partial charge in [-0.3, -0.25) is 0 Å². The standard InChI is InChI=1S/C13H19BrN4O4S/c1-13(2,3)22-12(19)17-9-6-18(7-9)23(20,21)10-4-8(14)5-16-11(10)15/h4-5,9H,6-7H2,1-3H3,(H2,15,16)(H,17,19). The Morgan fingerprint density at radius 3 is 2.65 bits per heavy atom. The molecule has 10 heteroatoms. The van der Waals surface area contributed by atoms with E-state index in [1.54, 1.807) is 20.8 Å². The number of anilines is 1. The second kappa shape index (κ2) is 6.25. The molecule has 1 aliphatic rings. The lowest BCUT2D eigenvalue weighted by Gasteiger charge is -2.38. The van der Waals surface area contributed by atoms with E-state index in [4.69, 9.17) is 10.5 Å². The zero-order valence-corrected chi connectivity index (χ0v) is 15.4. The Balaban J connectivity index is 1.99. The summed E-state index contributed by atoms with van der Waals surface area (Å²) in [5, 5.41) is 2.63. The Kier molecular flexibility index (Phi) is 4.88. The number of sulfonamides is 1. The molecule has 0 unspecified atom stereocenters. The van der Waals surface area contributed by atoms with Crippen LogP contribution in [0.5, 0.6) is 0 Å². The first-order valence-electron chi connectivity index (χ1n) is 6.90. The van der Waals surface area contributed by atoms with E-state index in [1.807, 2.05) is 0 Å². The van der Waals surface area contributed by atoms with E-state index in [1.165, 1.54) is 16.6 Å². The predicted octanol–water partition coefficient (Wildman–Crippen LogP) is 1.32. The number of nitrogens with two attached hydrogens (primary N) is 1. The summed E-state index contributed by atoms with van der Waals surface area (Å²) in [6, 6.07) is 1.12. The number of alkyl carbamates (subject to hydrolysis) is 1. The molecule has 128 valence electrons. The van der Waals surface area contributed by atoms with Crippen LogP contribution in [0, 0.1) is 0 Å². The SMILES string of the molecule is CC(C)(C)OC(=O)NC1CN(S(=O)(=O)c2cc(Br)cnc2N)C1. The molecule has 8 nitrogen and oxygen atoms in total. The normalized spacial score (nSPS) is 16.7. The highest BCUT2D eigenvalue weighted by atomic mass is 79.9. The third-order valence-electron chi connectivity index (χ3n) is 3.04. The molecule has 0 atom stereocenters. The van der Waals surface area contributed by atoms with Crippen molar-refractivity contribution in [3.8, 4) is 0 Å². The summed E-state index contributed by atoms with van der Waals surface area (Å²) < 4.78 is 31.9. The first kappa shape index (κ1) is 18.0. The number of ether oxygens (including phenoxy) is 1. The molecule has 0 aliphatic carbocycles. The maximum atomic E-state index is 12.5. The minimum atomic E-state index is -3.74. The maximum absolute atomic E-state index is 12.5. The van der Waals surface area contributed by atoms with Gasteiger partial charge in [0.2, 0.25) is 10.0 Å². The number of pyridine rings is 1. The quantitative estimate of drug-likeness (QED) is 0.781. The van der Waals surface area contributed by atoms with Gasteiger partial charge in [-0.2, -0.15) is 4.31 Å². The molecule has 0 spiro atoms. The summed E-state index contributed by atoms with van der Waals surface area (Å²) >= 11 is 3.18. The number of hydrogen-bond donors (Lipinski definition) is 2. The third-order valence-corrected chi connectivity index (χ3v) is 5.33. The molecule has 0 bridgehead atoms. The van der Waals surface area contributed by atoms with Crippen LogP contribution in [0.2, 0.25) is 0 Å². The highest BCUT2D eigenvalue weighted by molar-refractivity contribution is 9.10. The highest BCUT2D eigenvalue weighted by Crippen LogP contribution is 2.27. The van der Waals surface area contributed by atoms with E-state index in [2.05, 4.69) is 26.2 Å². The van der Waals surface area contributed by atoms with Crippen molar-refractivity contribution in [2.24, 2.45) is 0 Å². The molecule has 0 saturated carbocycles. The van der Waals surface area contributed by atoms with Gasteiger partial charge in [-0.15, -0.1) is 0 Å². The third kappa shape index (κ3) is 4.33. The van der Waals surface area contributed by atoms with Crippen molar-refractivity contribution >= 4 is 37.9 Å². The molecule has 1 aliphatic heterocycles. The number of amides is 1. The van der Waals surface area contributed by atoms with E-state index >= 15 is 0 Å². The molecule has 0 aromatic carbocycles. The van der Waals surface area contributed by atoms with Crippen LogP contribution < -0.4 is 11.1 Å². The van der Waals surface area contributed by atoms with Crippen LogP contribution in [0.4, 0.5) is 10.6 Å². The van der Waals surface area contributed by atoms with E-state index < -0.39 is 21.7 Å². The summed E-state index contributed by atoms with van der Waals surface area (Å²) in [5.41, 5.74) is 5.05. The molecule has 1 amide bonds. The van der Waals surface area contributed by atoms with E-state index in [0.717, 1.165) is 0 Å². The second-order valence-electron chi connectivity index (χ2n) is 6.20. The van der Waals surface area contributed by atoms with Crippen molar-refractivity contribution in [2.45, 2.75) is 37.3 Å². The van der Waals surface area contributed by atoms with Gasteiger partial charge in [0, 0.05) is 23.8 Å². The van der Waals surface area contributed by atoms with Crippen molar-refractivity contribution < 1.29 is 17.9 Å². The zero-order valence-electron chi connectivity index (χ0n) is 13.0. The second-order valence-corrected chi connectivity index (χ2v) is 9.02. The number of aromatic nitrogens is 1. The minimum absolute atomic E-state index is 0.0532. The number of nitrogen functional groups attached to an aromatic ring is 1. The highest BCUT2D eigenvalue weighted by Gasteiger charge is 2.39. The molecule has 0 radical (unpaired) electrons. The van der Waals surface area contributed by atoms with Crippen molar-refractivity contribution in [2.75, 3.05) is 18.8 Å². The number of nitrogens with zero attached hydrogens (tertiary/aromatic N) is 2. The first-order valence-corrected chi connectivity index (χ1v) is 9.13. The number of rotatable bonds is 3. The Morgan fingerprint density at radius 1 is 1.48 bits per heavy atom. The molecule has 1 aromatic heterocycles. The molecular weight excluding hydrogens is 388 g/mol. The molecule has 1 aromatic rings. The van der Waals surface area contributed by atoms with E-state index in [9.17, 15) is 13.2 Å². The van der Waals surface area contributed by atoms with E-state index in [-0.39, 0.29) is 29.8 Å². The van der Waals surface area contributed by atoms with Gasteiger partial charge in [0.05, 0.1) is 6.04 Å². The van der Waals surface area contributed by atoms with Crippen molar-refractivity contribution in [3.05, 3.63) is 16.7 Å². The Morgan fingerprint density at radius 2 is 2.09 bits per heavy atom. The van der Waals surface area contributed by atoms with Crippen LogP contribution >= 0.6 is 15.9 Å². The number of carbonyl (C=O) groups excluding carboxylic acids is 1. The molecule has 3 N–H and O–H groups in total. The lowest BCUT2D eigenvalue weighted by atomic mass is 10.2. The fourth-order valence-electron chi connectivity index (χ4n) is 1.98. The Labute approximate surface area is 143 Å². The molecule has 1 saturated heterocycles. The first-order chi connectivity index (χ1) is 10.5. The van der Waals surface area contributed by atoms with Crippen LogP contribution in [-0.4, -0.2) is 48.5 Å². The number of nitrogens with one attached hydrogen (secondary N) is 1. The summed E-state index contributed by atoms with van der Waals surface area (Å²) in [6.45, 7) is 5.59. The number of halogens is 1. The molecular formula is C13H19BrN4O4S. The van der Waals surface area contributed by atoms with Gasteiger partial charge in [0.25, 0.3) is 0 Å². The summed E-state index contributed by atoms with van der Waals surface area (Å²) in [7, 11) is -3.74. The predicted molar refractivity (Wildman–Crippen MR) is 88.3 cm³/mol. The van der Waals surface area contributed by atoms with Gasteiger partial charge in [-0.1, -0.05) is 0 Å². The monoisotopic (exact) mass is 406 g/mol. The van der Waals surface area contributed by atoms with Crippen LogP contribution in [-0.2, 0) is 14.8 Å². The van der Waals surface area contributed by atoms with Gasteiger partial charge >= 0.3 is 6.09 Å². The fraction of sp³-hybridized carbons (Fsp3) is 0.538. The minimum Gasteiger partial charge on any atom is -0.444 e. The van der Waals surface area contributed by atoms with Crippen LogP contribution in [0.3, 0.4) is 0 Å². The fourth-order valence-corrected chi connectivity index (χ4v) is 4.08. The van der Waals surface area contributed by atoms with Crippen molar-refractivity contribution in [1.29, 1.82) is 0 Å². The van der Waals surface area contributed by atoms with Gasteiger partial charge < -0.3 is 15.8 Å². The van der Waals surface area contributed by atoms with Crippen LogP contribution in [0.25, 0.3) is 0 Å². The lowest BCUT2D eigenvalue weighted by molar-refractivity contribution is 0.0459. The van der Waals surface area contributed by atoms with Gasteiger partial charge in [-0.25, -0.2) is 18.2 Å². The Hall–Kier alpha value is -1.39. The van der Waals surface area contributed by atoms with Crippen LogP contribution in [0.1, 0.15) is 20.8 Å². The largest absolute Gasteiger partial charge is 0.444 e. The number of hydrogen-bond acceptors (Lipinski definition) is 6. The number of carbonyl (C=O) groups is 1. The maximum Gasteiger partial charge on any atom is 0.407 e. The average molecular weight is 407 g/mol. The zero-order chi connectivity index (χ0) is 17.4. The topological polar surface area (TPSA) is 115 Å². The van der Waals surface area contributed by atoms with Crippen molar-refractivity contribution in [1.82, 2.24) is 14.6 Å². The molecule has 2 rings (SSSR count). The van der Waals surface area contributed by atoms with Gasteiger partial charge in [0.1, 0.15) is 16.3 Å². The smallest absolute Gasteiger partial charge is 0.407 e. The molecule has 2 heterocycles. The van der Waals surface area contributed by atoms with Gasteiger partial charge in [-0.05, 0) is 42.8 Å². The molecule has 1 fully saturated rings. The lowest BCUT2D eigenvalue weighted by Crippen LogP contribution is -2.61. The summed E-state index contributed by atoms with van der Waals surface area (Å²) in [5.74, 6) is -0.0586. The van der Waals surface area contributed by atoms with Crippen LogP contribution in [0.15, 0.2) is 21.6 Å². The Bertz CT molecular complexity index is 711.